The number of anilines is 1. The zero-order chi connectivity index (χ0) is 20.3. The molecule has 28 heavy (non-hydrogen) atoms. The lowest BCUT2D eigenvalue weighted by atomic mass is 10.1. The molecule has 2 aromatic carbocycles. The van der Waals surface area contributed by atoms with Gasteiger partial charge in [-0.3, -0.25) is 0 Å². The molecule has 1 aliphatic heterocycles. The van der Waals surface area contributed by atoms with Crippen molar-refractivity contribution >= 4 is 27.7 Å². The first-order chi connectivity index (χ1) is 13.2. The van der Waals surface area contributed by atoms with E-state index < -0.39 is 24.0 Å². The van der Waals surface area contributed by atoms with E-state index >= 15 is 0 Å². The molecule has 0 saturated carbocycles. The van der Waals surface area contributed by atoms with Crippen LogP contribution in [0, 0.1) is 0 Å². The van der Waals surface area contributed by atoms with Crippen LogP contribution in [0.4, 0.5) is 10.5 Å². The Morgan fingerprint density at radius 3 is 2.61 bits per heavy atom. The van der Waals surface area contributed by atoms with Gasteiger partial charge < -0.3 is 19.3 Å². The van der Waals surface area contributed by atoms with E-state index in [0.29, 0.717) is 18.0 Å². The second-order valence-corrected chi connectivity index (χ2v) is 8.45. The van der Waals surface area contributed by atoms with Crippen LogP contribution < -0.4 is 9.64 Å². The molecule has 7 heteroatoms. The first kappa shape index (κ1) is 20.6. The number of hydrogen-bond donors (Lipinski definition) is 1. The summed E-state index contributed by atoms with van der Waals surface area (Å²) in [6.45, 7) is 5.83. The third-order valence-electron chi connectivity index (χ3n) is 4.04. The number of amides is 1. The molecule has 1 aliphatic rings. The standard InChI is InChI=1S/C21H24BrNO5/c1-21(2,3)28-20(25)23-16-11-15(22)9-10-17(16)27-18(19(23)24)13-26-12-14-7-5-4-6-8-14/h4-11,18-19,24H,12-13H2,1-3H3. The van der Waals surface area contributed by atoms with Crippen LogP contribution in [0.3, 0.4) is 0 Å². The van der Waals surface area contributed by atoms with Gasteiger partial charge in [-0.25, -0.2) is 9.69 Å². The smallest absolute Gasteiger partial charge is 0.417 e. The van der Waals surface area contributed by atoms with E-state index in [9.17, 15) is 9.90 Å². The second kappa shape index (κ2) is 8.51. The van der Waals surface area contributed by atoms with Gasteiger partial charge in [-0.05, 0) is 44.5 Å². The summed E-state index contributed by atoms with van der Waals surface area (Å²) in [6.07, 6.45) is -2.63. The highest BCUT2D eigenvalue weighted by Gasteiger charge is 2.40. The molecule has 0 spiro atoms. The molecule has 1 heterocycles. The minimum Gasteiger partial charge on any atom is -0.481 e. The summed E-state index contributed by atoms with van der Waals surface area (Å²) >= 11 is 3.39. The van der Waals surface area contributed by atoms with Crippen LogP contribution >= 0.6 is 15.9 Å². The van der Waals surface area contributed by atoms with E-state index in [4.69, 9.17) is 14.2 Å². The highest BCUT2D eigenvalue weighted by atomic mass is 79.9. The van der Waals surface area contributed by atoms with Crippen LogP contribution in [0.25, 0.3) is 0 Å². The topological polar surface area (TPSA) is 68.2 Å². The lowest BCUT2D eigenvalue weighted by Crippen LogP contribution is -2.55. The van der Waals surface area contributed by atoms with Gasteiger partial charge in [0.25, 0.3) is 0 Å². The molecule has 3 rings (SSSR count). The van der Waals surface area contributed by atoms with Gasteiger partial charge in [-0.2, -0.15) is 0 Å². The van der Waals surface area contributed by atoms with Gasteiger partial charge >= 0.3 is 6.09 Å². The number of aliphatic hydroxyl groups excluding tert-OH is 1. The molecule has 0 aromatic heterocycles. The summed E-state index contributed by atoms with van der Waals surface area (Å²) in [7, 11) is 0. The second-order valence-electron chi connectivity index (χ2n) is 7.53. The highest BCUT2D eigenvalue weighted by Crippen LogP contribution is 2.38. The number of benzene rings is 2. The molecule has 150 valence electrons. The Labute approximate surface area is 173 Å². The van der Waals surface area contributed by atoms with E-state index in [0.717, 1.165) is 10.0 Å². The van der Waals surface area contributed by atoms with Crippen molar-refractivity contribution in [1.29, 1.82) is 0 Å². The zero-order valence-electron chi connectivity index (χ0n) is 16.1. The maximum atomic E-state index is 12.8. The average Bonchev–Trinajstić information content (AvgIpc) is 2.61. The molecule has 1 amide bonds. The van der Waals surface area contributed by atoms with Crippen molar-refractivity contribution in [2.24, 2.45) is 0 Å². The third kappa shape index (κ3) is 5.04. The summed E-state index contributed by atoms with van der Waals surface area (Å²) in [5.41, 5.74) is 0.761. The third-order valence-corrected chi connectivity index (χ3v) is 4.53. The minimum absolute atomic E-state index is 0.116. The average molecular weight is 450 g/mol. The van der Waals surface area contributed by atoms with Crippen molar-refractivity contribution in [2.45, 2.75) is 45.3 Å². The van der Waals surface area contributed by atoms with Crippen LogP contribution in [-0.4, -0.2) is 35.7 Å². The molecule has 2 atom stereocenters. The maximum Gasteiger partial charge on any atom is 0.417 e. The summed E-state index contributed by atoms with van der Waals surface area (Å²) < 4.78 is 17.9. The predicted molar refractivity (Wildman–Crippen MR) is 109 cm³/mol. The van der Waals surface area contributed by atoms with Crippen LogP contribution in [0.2, 0.25) is 0 Å². The number of nitrogens with zero attached hydrogens (tertiary/aromatic N) is 1. The molecular weight excluding hydrogens is 426 g/mol. The van der Waals surface area contributed by atoms with Crippen LogP contribution in [0.1, 0.15) is 26.3 Å². The first-order valence-corrected chi connectivity index (χ1v) is 9.82. The van der Waals surface area contributed by atoms with E-state index in [1.807, 2.05) is 36.4 Å². The molecule has 0 fully saturated rings. The van der Waals surface area contributed by atoms with Crippen molar-refractivity contribution < 1.29 is 24.1 Å². The summed E-state index contributed by atoms with van der Waals surface area (Å²) in [6, 6.07) is 15.0. The molecular formula is C21H24BrNO5. The Kier molecular flexibility index (Phi) is 6.27. The molecule has 0 aliphatic carbocycles. The zero-order valence-corrected chi connectivity index (χ0v) is 17.7. The van der Waals surface area contributed by atoms with Gasteiger partial charge in [0.15, 0.2) is 12.3 Å². The van der Waals surface area contributed by atoms with Gasteiger partial charge in [0, 0.05) is 4.47 Å². The minimum atomic E-state index is -1.24. The lowest BCUT2D eigenvalue weighted by Gasteiger charge is -2.39. The number of carbonyl (C=O) groups is 1. The number of rotatable bonds is 4. The van der Waals surface area contributed by atoms with Crippen molar-refractivity contribution in [2.75, 3.05) is 11.5 Å². The fourth-order valence-electron chi connectivity index (χ4n) is 2.82. The van der Waals surface area contributed by atoms with Crippen molar-refractivity contribution in [3.8, 4) is 5.75 Å². The molecule has 2 unspecified atom stereocenters. The van der Waals surface area contributed by atoms with E-state index in [1.165, 1.54) is 4.90 Å². The summed E-state index contributed by atoms with van der Waals surface area (Å²) in [5, 5.41) is 10.8. The number of aliphatic hydroxyl groups is 1. The quantitative estimate of drug-likeness (QED) is 0.744. The van der Waals surface area contributed by atoms with Gasteiger partial charge in [-0.15, -0.1) is 0 Å². The number of ether oxygens (including phenoxy) is 3. The number of fused-ring (bicyclic) bond motifs is 1. The SMILES string of the molecule is CC(C)(C)OC(=O)N1c2cc(Br)ccc2OC(COCc2ccccc2)C1O. The van der Waals surface area contributed by atoms with E-state index in [1.54, 1.807) is 32.9 Å². The summed E-state index contributed by atoms with van der Waals surface area (Å²) in [4.78, 5) is 14.0. The van der Waals surface area contributed by atoms with Gasteiger partial charge in [0.1, 0.15) is 11.4 Å². The monoisotopic (exact) mass is 449 g/mol. The lowest BCUT2D eigenvalue weighted by molar-refractivity contribution is -0.0401. The largest absolute Gasteiger partial charge is 0.481 e. The predicted octanol–water partition coefficient (Wildman–Crippen LogP) is 4.49. The Morgan fingerprint density at radius 2 is 1.93 bits per heavy atom. The maximum absolute atomic E-state index is 12.8. The molecule has 0 bridgehead atoms. The fraction of sp³-hybridized carbons (Fsp3) is 0.381. The fourth-order valence-corrected chi connectivity index (χ4v) is 3.16. The van der Waals surface area contributed by atoms with Crippen LogP contribution in [0.15, 0.2) is 53.0 Å². The Hall–Kier alpha value is -2.09. The molecule has 0 radical (unpaired) electrons. The van der Waals surface area contributed by atoms with Gasteiger partial charge in [0.2, 0.25) is 0 Å². The first-order valence-electron chi connectivity index (χ1n) is 9.03. The number of halogens is 1. The Bertz CT molecular complexity index is 821. The molecule has 6 nitrogen and oxygen atoms in total. The van der Waals surface area contributed by atoms with Crippen molar-refractivity contribution in [3.05, 3.63) is 58.6 Å². The normalized spacial score (nSPS) is 19.0. The Morgan fingerprint density at radius 1 is 1.21 bits per heavy atom. The Balaban J connectivity index is 1.78. The molecule has 0 saturated heterocycles. The van der Waals surface area contributed by atoms with Gasteiger partial charge in [-0.1, -0.05) is 46.3 Å². The van der Waals surface area contributed by atoms with Crippen molar-refractivity contribution in [3.63, 3.8) is 0 Å². The number of carbonyl (C=O) groups excluding carboxylic acids is 1. The van der Waals surface area contributed by atoms with E-state index in [2.05, 4.69) is 15.9 Å². The van der Waals surface area contributed by atoms with Gasteiger partial charge in [0.05, 0.1) is 18.9 Å². The van der Waals surface area contributed by atoms with Crippen molar-refractivity contribution in [1.82, 2.24) is 0 Å². The van der Waals surface area contributed by atoms with Crippen LogP contribution in [-0.2, 0) is 16.1 Å². The van der Waals surface area contributed by atoms with E-state index in [-0.39, 0.29) is 6.61 Å². The number of hydrogen-bond acceptors (Lipinski definition) is 5. The molecule has 2 aromatic rings. The highest BCUT2D eigenvalue weighted by molar-refractivity contribution is 9.10. The summed E-state index contributed by atoms with van der Waals surface area (Å²) in [5.74, 6) is 0.479. The molecule has 1 N–H and O–H groups in total. The van der Waals surface area contributed by atoms with Crippen LogP contribution in [0.5, 0.6) is 5.75 Å².